The van der Waals surface area contributed by atoms with Gasteiger partial charge in [-0.2, -0.15) is 0 Å². The van der Waals surface area contributed by atoms with E-state index in [1.165, 1.54) is 17.7 Å². The lowest BCUT2D eigenvalue weighted by Gasteiger charge is -2.05. The van der Waals surface area contributed by atoms with Gasteiger partial charge in [-0.3, -0.25) is 0 Å². The lowest BCUT2D eigenvalue weighted by atomic mass is 10.3. The smallest absolute Gasteiger partial charge is 0.185 e. The molecule has 1 aromatic heterocycles. The van der Waals surface area contributed by atoms with Crippen LogP contribution in [0.25, 0.3) is 0 Å². The fourth-order valence-electron chi connectivity index (χ4n) is 1.45. The van der Waals surface area contributed by atoms with Gasteiger partial charge in [0.05, 0.1) is 12.3 Å². The number of methoxy groups -OCH3 is 1. The number of ether oxygens (including phenoxy) is 1. The number of thiazole rings is 1. The van der Waals surface area contributed by atoms with Gasteiger partial charge in [-0.25, -0.2) is 4.98 Å². The molecule has 0 saturated heterocycles. The number of aromatic nitrogens is 1. The minimum absolute atomic E-state index is 0.592. The number of rotatable bonds is 8. The highest BCUT2D eigenvalue weighted by atomic mass is 32.1. The van der Waals surface area contributed by atoms with Gasteiger partial charge in [0, 0.05) is 32.6 Å². The molecule has 0 aliphatic carbocycles. The Morgan fingerprint density at radius 2 is 2.18 bits per heavy atom. The lowest BCUT2D eigenvalue weighted by molar-refractivity contribution is 0.181. The molecule has 17 heavy (non-hydrogen) atoms. The van der Waals surface area contributed by atoms with Gasteiger partial charge in [-0.15, -0.1) is 11.3 Å². The van der Waals surface area contributed by atoms with E-state index in [4.69, 9.17) is 4.74 Å². The second-order valence-electron chi connectivity index (χ2n) is 4.22. The van der Waals surface area contributed by atoms with E-state index in [1.54, 1.807) is 18.4 Å². The van der Waals surface area contributed by atoms with Crippen molar-refractivity contribution >= 4 is 16.5 Å². The number of unbranched alkanes of at least 4 members (excludes halogenated alkanes) is 1. The Balaban J connectivity index is 2.60. The summed E-state index contributed by atoms with van der Waals surface area (Å²) in [6.45, 7) is 4.76. The summed E-state index contributed by atoms with van der Waals surface area (Å²) in [5, 5.41) is 4.50. The van der Waals surface area contributed by atoms with E-state index in [0.717, 1.165) is 23.9 Å². The topological polar surface area (TPSA) is 37.4 Å². The molecular weight excluding hydrogens is 234 g/mol. The number of nitrogens with one attached hydrogen (secondary N) is 1. The van der Waals surface area contributed by atoms with Gasteiger partial charge >= 0.3 is 0 Å². The van der Waals surface area contributed by atoms with Gasteiger partial charge in [0.25, 0.3) is 0 Å². The van der Waals surface area contributed by atoms with Crippen LogP contribution in [0, 0.1) is 0 Å². The molecule has 98 valence electrons. The Morgan fingerprint density at radius 3 is 2.76 bits per heavy atom. The summed E-state index contributed by atoms with van der Waals surface area (Å²) in [6.07, 6.45) is 2.45. The maximum atomic E-state index is 5.19. The van der Waals surface area contributed by atoms with Crippen molar-refractivity contribution in [3.05, 3.63) is 10.6 Å². The van der Waals surface area contributed by atoms with Crippen LogP contribution >= 0.6 is 11.3 Å². The van der Waals surface area contributed by atoms with Crippen LogP contribution in [0.2, 0.25) is 0 Å². The monoisotopic (exact) mass is 257 g/mol. The first-order chi connectivity index (χ1) is 8.19. The Kier molecular flexibility index (Phi) is 6.47. The Hall–Kier alpha value is -0.650. The van der Waals surface area contributed by atoms with E-state index in [9.17, 15) is 0 Å². The third-order valence-corrected chi connectivity index (χ3v) is 3.69. The predicted molar refractivity (Wildman–Crippen MR) is 73.8 cm³/mol. The Morgan fingerprint density at radius 1 is 1.41 bits per heavy atom. The largest absolute Gasteiger partial charge is 0.378 e. The van der Waals surface area contributed by atoms with Crippen molar-refractivity contribution in [3.8, 4) is 0 Å². The molecule has 1 aromatic rings. The van der Waals surface area contributed by atoms with Crippen molar-refractivity contribution in [2.75, 3.05) is 32.6 Å². The minimum atomic E-state index is 0.592. The molecule has 0 saturated carbocycles. The quantitative estimate of drug-likeness (QED) is 0.725. The van der Waals surface area contributed by atoms with E-state index < -0.39 is 0 Å². The summed E-state index contributed by atoms with van der Waals surface area (Å²) in [6, 6.07) is 0. The molecule has 0 unspecified atom stereocenters. The molecule has 0 bridgehead atoms. The van der Waals surface area contributed by atoms with E-state index >= 15 is 0 Å². The summed E-state index contributed by atoms with van der Waals surface area (Å²) < 4.78 is 5.19. The van der Waals surface area contributed by atoms with E-state index in [-0.39, 0.29) is 0 Å². The van der Waals surface area contributed by atoms with Gasteiger partial charge in [-0.05, 0) is 13.0 Å². The zero-order chi connectivity index (χ0) is 12.7. The normalized spacial score (nSPS) is 10.8. The molecule has 1 heterocycles. The highest BCUT2D eigenvalue weighted by Crippen LogP contribution is 2.25. The number of hydrogen-bond acceptors (Lipinski definition) is 5. The highest BCUT2D eigenvalue weighted by molar-refractivity contribution is 7.15. The molecular formula is C12H23N3OS. The zero-order valence-electron chi connectivity index (χ0n) is 11.2. The molecule has 5 heteroatoms. The van der Waals surface area contributed by atoms with Crippen LogP contribution in [0.3, 0.4) is 0 Å². The van der Waals surface area contributed by atoms with Crippen molar-refractivity contribution in [2.24, 2.45) is 0 Å². The average Bonchev–Trinajstić information content (AvgIpc) is 2.69. The summed E-state index contributed by atoms with van der Waals surface area (Å²) in [5.41, 5.74) is 1.06. The van der Waals surface area contributed by atoms with Crippen LogP contribution in [0.1, 0.15) is 30.3 Å². The molecule has 1 N–H and O–H groups in total. The SMILES string of the molecule is CCCCNCc1sc(N(C)C)nc1COC. The standard InChI is InChI=1S/C12H23N3OS/c1-5-6-7-13-8-11-10(9-16-4)14-12(17-11)15(2)3/h13H,5-9H2,1-4H3. The maximum Gasteiger partial charge on any atom is 0.185 e. The average molecular weight is 257 g/mol. The van der Waals surface area contributed by atoms with Crippen LogP contribution in [0.15, 0.2) is 0 Å². The molecule has 1 rings (SSSR count). The molecule has 0 atom stereocenters. The summed E-state index contributed by atoms with van der Waals surface area (Å²) in [7, 11) is 5.75. The molecule has 0 aliphatic rings. The molecule has 0 aromatic carbocycles. The fourth-order valence-corrected chi connectivity index (χ4v) is 2.41. The van der Waals surface area contributed by atoms with E-state index in [2.05, 4.69) is 17.2 Å². The number of hydrogen-bond donors (Lipinski definition) is 1. The summed E-state index contributed by atoms with van der Waals surface area (Å²) >= 11 is 1.74. The van der Waals surface area contributed by atoms with Crippen molar-refractivity contribution in [1.82, 2.24) is 10.3 Å². The summed E-state index contributed by atoms with van der Waals surface area (Å²) in [4.78, 5) is 7.90. The van der Waals surface area contributed by atoms with E-state index in [0.29, 0.717) is 6.61 Å². The second kappa shape index (κ2) is 7.63. The molecule has 0 spiro atoms. The predicted octanol–water partition coefficient (Wildman–Crippen LogP) is 2.25. The van der Waals surface area contributed by atoms with Crippen molar-refractivity contribution < 1.29 is 4.74 Å². The van der Waals surface area contributed by atoms with Crippen LogP contribution in [0.4, 0.5) is 5.13 Å². The molecule has 0 radical (unpaired) electrons. The number of nitrogens with zero attached hydrogens (tertiary/aromatic N) is 2. The van der Waals surface area contributed by atoms with E-state index in [1.807, 2.05) is 19.0 Å². The molecule has 0 fully saturated rings. The Labute approximate surface area is 108 Å². The third-order valence-electron chi connectivity index (χ3n) is 2.42. The van der Waals surface area contributed by atoms with Crippen molar-refractivity contribution in [1.29, 1.82) is 0 Å². The van der Waals surface area contributed by atoms with Gasteiger partial charge in [-0.1, -0.05) is 13.3 Å². The van der Waals surface area contributed by atoms with Gasteiger partial charge in [0.1, 0.15) is 0 Å². The first kappa shape index (κ1) is 14.4. The lowest BCUT2D eigenvalue weighted by Crippen LogP contribution is -2.14. The first-order valence-corrected chi connectivity index (χ1v) is 6.86. The first-order valence-electron chi connectivity index (χ1n) is 6.04. The minimum Gasteiger partial charge on any atom is -0.378 e. The molecule has 0 amide bonds. The maximum absolute atomic E-state index is 5.19. The van der Waals surface area contributed by atoms with Crippen LogP contribution < -0.4 is 10.2 Å². The second-order valence-corrected chi connectivity index (χ2v) is 5.29. The third kappa shape index (κ3) is 4.61. The fraction of sp³-hybridized carbons (Fsp3) is 0.750. The van der Waals surface area contributed by atoms with Crippen molar-refractivity contribution in [2.45, 2.75) is 32.9 Å². The zero-order valence-corrected chi connectivity index (χ0v) is 12.1. The van der Waals surface area contributed by atoms with Crippen LogP contribution in [-0.2, 0) is 17.9 Å². The van der Waals surface area contributed by atoms with Crippen molar-refractivity contribution in [3.63, 3.8) is 0 Å². The van der Waals surface area contributed by atoms with Crippen LogP contribution in [-0.4, -0.2) is 32.7 Å². The molecule has 4 nitrogen and oxygen atoms in total. The Bertz CT molecular complexity index is 326. The van der Waals surface area contributed by atoms with Gasteiger partial charge in [0.15, 0.2) is 5.13 Å². The highest BCUT2D eigenvalue weighted by Gasteiger charge is 2.11. The number of anilines is 1. The molecule has 0 aliphatic heterocycles. The summed E-state index contributed by atoms with van der Waals surface area (Å²) in [5.74, 6) is 0. The van der Waals surface area contributed by atoms with Crippen LogP contribution in [0.5, 0.6) is 0 Å². The van der Waals surface area contributed by atoms with Gasteiger partial charge in [0.2, 0.25) is 0 Å². The van der Waals surface area contributed by atoms with Gasteiger partial charge < -0.3 is 15.0 Å².